The second-order valence-corrected chi connectivity index (χ2v) is 4.46. The van der Waals surface area contributed by atoms with Gasteiger partial charge in [-0.2, -0.15) is 0 Å². The van der Waals surface area contributed by atoms with Gasteiger partial charge in [-0.05, 0) is 30.7 Å². The lowest BCUT2D eigenvalue weighted by atomic mass is 10.2. The molecule has 1 atom stereocenters. The van der Waals surface area contributed by atoms with Crippen molar-refractivity contribution < 1.29 is 9.53 Å². The van der Waals surface area contributed by atoms with Crippen LogP contribution < -0.4 is 5.32 Å². The minimum atomic E-state index is -0.0589. The number of halogens is 1. The Labute approximate surface area is 104 Å². The van der Waals surface area contributed by atoms with E-state index in [0.29, 0.717) is 12.2 Å². The largest absolute Gasteiger partial charge is 0.383 e. The minimum Gasteiger partial charge on any atom is -0.383 e. The van der Waals surface area contributed by atoms with Gasteiger partial charge in [0.25, 0.3) is 5.91 Å². The highest BCUT2D eigenvalue weighted by molar-refractivity contribution is 9.10. The Kier molecular flexibility index (Phi) is 5.49. The molecule has 0 aromatic heterocycles. The van der Waals surface area contributed by atoms with E-state index in [-0.39, 0.29) is 11.9 Å². The third kappa shape index (κ3) is 3.94. The summed E-state index contributed by atoms with van der Waals surface area (Å²) >= 11 is 3.33. The lowest BCUT2D eigenvalue weighted by molar-refractivity contribution is 0.0894. The molecular formula is C12H16BrNO2. The van der Waals surface area contributed by atoms with Crippen molar-refractivity contribution in [3.8, 4) is 0 Å². The second kappa shape index (κ2) is 6.66. The lowest BCUT2D eigenvalue weighted by Crippen LogP contribution is -2.37. The fourth-order valence-corrected chi connectivity index (χ4v) is 1.60. The summed E-state index contributed by atoms with van der Waals surface area (Å²) in [5.74, 6) is -0.0589. The highest BCUT2D eigenvalue weighted by atomic mass is 79.9. The van der Waals surface area contributed by atoms with Gasteiger partial charge in [-0.15, -0.1) is 0 Å². The third-order valence-electron chi connectivity index (χ3n) is 2.30. The van der Waals surface area contributed by atoms with Gasteiger partial charge >= 0.3 is 0 Å². The summed E-state index contributed by atoms with van der Waals surface area (Å²) < 4.78 is 5.99. The lowest BCUT2D eigenvalue weighted by Gasteiger charge is -2.15. The van der Waals surface area contributed by atoms with Gasteiger partial charge in [-0.25, -0.2) is 0 Å². The normalized spacial score (nSPS) is 12.2. The molecule has 0 heterocycles. The van der Waals surface area contributed by atoms with E-state index >= 15 is 0 Å². The van der Waals surface area contributed by atoms with E-state index in [1.54, 1.807) is 19.2 Å². The molecule has 0 aliphatic rings. The standard InChI is InChI=1S/C12H16BrNO2/c1-3-11(8-16-2)14-12(15)9-4-6-10(13)7-5-9/h4-7,11H,3,8H2,1-2H3,(H,14,15). The van der Waals surface area contributed by atoms with Gasteiger partial charge in [0.15, 0.2) is 0 Å². The molecule has 0 radical (unpaired) electrons. The number of rotatable bonds is 5. The van der Waals surface area contributed by atoms with Crippen LogP contribution in [0.15, 0.2) is 28.7 Å². The van der Waals surface area contributed by atoms with Crippen LogP contribution in [0.3, 0.4) is 0 Å². The molecule has 1 rings (SSSR count). The molecule has 1 unspecified atom stereocenters. The molecule has 0 spiro atoms. The number of methoxy groups -OCH3 is 1. The maximum absolute atomic E-state index is 11.8. The van der Waals surface area contributed by atoms with Crippen LogP contribution in [0, 0.1) is 0 Å². The van der Waals surface area contributed by atoms with E-state index in [4.69, 9.17) is 4.74 Å². The van der Waals surface area contributed by atoms with Crippen LogP contribution in [-0.2, 0) is 4.74 Å². The Balaban J connectivity index is 2.60. The molecule has 88 valence electrons. The fourth-order valence-electron chi connectivity index (χ4n) is 1.33. The number of carbonyl (C=O) groups is 1. The Hall–Kier alpha value is -0.870. The number of carbonyl (C=O) groups excluding carboxylic acids is 1. The van der Waals surface area contributed by atoms with Gasteiger partial charge in [0.2, 0.25) is 0 Å². The van der Waals surface area contributed by atoms with E-state index in [0.717, 1.165) is 10.9 Å². The number of hydrogen-bond donors (Lipinski definition) is 1. The summed E-state index contributed by atoms with van der Waals surface area (Å²) in [6.07, 6.45) is 0.857. The van der Waals surface area contributed by atoms with E-state index < -0.39 is 0 Å². The number of nitrogens with one attached hydrogen (secondary N) is 1. The zero-order valence-electron chi connectivity index (χ0n) is 9.50. The van der Waals surface area contributed by atoms with Crippen molar-refractivity contribution in [1.29, 1.82) is 0 Å². The predicted molar refractivity (Wildman–Crippen MR) is 67.6 cm³/mol. The Morgan fingerprint density at radius 3 is 2.56 bits per heavy atom. The summed E-state index contributed by atoms with van der Waals surface area (Å²) in [5, 5.41) is 2.92. The van der Waals surface area contributed by atoms with E-state index in [1.165, 1.54) is 0 Å². The average molecular weight is 286 g/mol. The highest BCUT2D eigenvalue weighted by Crippen LogP contribution is 2.10. The molecule has 1 amide bonds. The first-order valence-corrected chi connectivity index (χ1v) is 6.02. The van der Waals surface area contributed by atoms with Crippen molar-refractivity contribution in [2.24, 2.45) is 0 Å². The average Bonchev–Trinajstić information content (AvgIpc) is 2.29. The van der Waals surface area contributed by atoms with Gasteiger partial charge in [-0.1, -0.05) is 22.9 Å². The summed E-state index contributed by atoms with van der Waals surface area (Å²) in [6, 6.07) is 7.36. The van der Waals surface area contributed by atoms with E-state index in [2.05, 4.69) is 21.2 Å². The maximum atomic E-state index is 11.8. The molecule has 0 bridgehead atoms. The smallest absolute Gasteiger partial charge is 0.251 e. The number of amides is 1. The minimum absolute atomic E-state index is 0.0589. The number of hydrogen-bond acceptors (Lipinski definition) is 2. The molecule has 0 aliphatic carbocycles. The summed E-state index contributed by atoms with van der Waals surface area (Å²) in [7, 11) is 1.63. The van der Waals surface area contributed by atoms with Crippen molar-refractivity contribution >= 4 is 21.8 Å². The second-order valence-electron chi connectivity index (χ2n) is 3.54. The third-order valence-corrected chi connectivity index (χ3v) is 2.83. The van der Waals surface area contributed by atoms with Gasteiger partial charge in [0.05, 0.1) is 12.6 Å². The zero-order valence-corrected chi connectivity index (χ0v) is 11.1. The first-order valence-electron chi connectivity index (χ1n) is 5.22. The van der Waals surface area contributed by atoms with Gasteiger partial charge in [0, 0.05) is 17.1 Å². The SMILES string of the molecule is CCC(COC)NC(=O)c1ccc(Br)cc1. The fraction of sp³-hybridized carbons (Fsp3) is 0.417. The zero-order chi connectivity index (χ0) is 12.0. The van der Waals surface area contributed by atoms with Crippen LogP contribution in [0.5, 0.6) is 0 Å². The number of ether oxygens (including phenoxy) is 1. The molecule has 4 heteroatoms. The van der Waals surface area contributed by atoms with Crippen LogP contribution in [-0.4, -0.2) is 25.7 Å². The van der Waals surface area contributed by atoms with Gasteiger partial charge in [0.1, 0.15) is 0 Å². The molecule has 1 N–H and O–H groups in total. The first-order chi connectivity index (χ1) is 7.67. The molecule has 0 saturated carbocycles. The van der Waals surface area contributed by atoms with E-state index in [9.17, 15) is 4.79 Å². The van der Waals surface area contributed by atoms with Crippen molar-refractivity contribution in [1.82, 2.24) is 5.32 Å². The molecule has 1 aromatic rings. The van der Waals surface area contributed by atoms with Crippen molar-refractivity contribution in [3.63, 3.8) is 0 Å². The molecule has 3 nitrogen and oxygen atoms in total. The van der Waals surface area contributed by atoms with Gasteiger partial charge in [-0.3, -0.25) is 4.79 Å². The molecule has 0 aliphatic heterocycles. The monoisotopic (exact) mass is 285 g/mol. The van der Waals surface area contributed by atoms with Crippen LogP contribution in [0.1, 0.15) is 23.7 Å². The summed E-state index contributed by atoms with van der Waals surface area (Å²) in [6.45, 7) is 2.56. The topological polar surface area (TPSA) is 38.3 Å². The van der Waals surface area contributed by atoms with Crippen LogP contribution in [0.25, 0.3) is 0 Å². The summed E-state index contributed by atoms with van der Waals surface area (Å²) in [4.78, 5) is 11.8. The Bertz CT molecular complexity index is 337. The predicted octanol–water partition coefficient (Wildman–Crippen LogP) is 2.60. The van der Waals surface area contributed by atoms with Crippen LogP contribution in [0.4, 0.5) is 0 Å². The van der Waals surface area contributed by atoms with Crippen LogP contribution >= 0.6 is 15.9 Å². The van der Waals surface area contributed by atoms with Gasteiger partial charge < -0.3 is 10.1 Å². The Morgan fingerprint density at radius 2 is 2.06 bits per heavy atom. The molecule has 0 saturated heterocycles. The first kappa shape index (κ1) is 13.2. The van der Waals surface area contributed by atoms with Crippen LogP contribution in [0.2, 0.25) is 0 Å². The van der Waals surface area contributed by atoms with E-state index in [1.807, 2.05) is 19.1 Å². The van der Waals surface area contributed by atoms with Crippen molar-refractivity contribution in [2.75, 3.05) is 13.7 Å². The molecule has 16 heavy (non-hydrogen) atoms. The molecule has 0 fully saturated rings. The number of benzene rings is 1. The Morgan fingerprint density at radius 1 is 1.44 bits per heavy atom. The maximum Gasteiger partial charge on any atom is 0.251 e. The van der Waals surface area contributed by atoms with Crippen molar-refractivity contribution in [2.45, 2.75) is 19.4 Å². The van der Waals surface area contributed by atoms with Crippen molar-refractivity contribution in [3.05, 3.63) is 34.3 Å². The molecular weight excluding hydrogens is 270 g/mol. The molecule has 1 aromatic carbocycles. The quantitative estimate of drug-likeness (QED) is 0.903. The highest BCUT2D eigenvalue weighted by Gasteiger charge is 2.11. The summed E-state index contributed by atoms with van der Waals surface area (Å²) in [5.41, 5.74) is 0.665.